The fourth-order valence-corrected chi connectivity index (χ4v) is 2.98. The molecule has 0 aliphatic carbocycles. The molecule has 2 N–H and O–H groups in total. The van der Waals surface area contributed by atoms with Crippen LogP contribution in [0.5, 0.6) is 0 Å². The van der Waals surface area contributed by atoms with Crippen LogP contribution in [0, 0.1) is 11.8 Å². The maximum atomic E-state index is 12.0. The van der Waals surface area contributed by atoms with Gasteiger partial charge >= 0.3 is 0 Å². The zero-order valence-electron chi connectivity index (χ0n) is 12.4. The minimum Gasteiger partial charge on any atom is -0.356 e. The Morgan fingerprint density at radius 1 is 1.25 bits per heavy atom. The van der Waals surface area contributed by atoms with Crippen molar-refractivity contribution >= 4 is 30.7 Å². The summed E-state index contributed by atoms with van der Waals surface area (Å²) in [7, 11) is 2.13. The summed E-state index contributed by atoms with van der Waals surface area (Å²) < 4.78 is 0. The normalized spacial score (nSPS) is 24.4. The monoisotopic (exact) mass is 325 g/mol. The Morgan fingerprint density at radius 3 is 2.55 bits per heavy atom. The van der Waals surface area contributed by atoms with Crippen LogP contribution in [0.3, 0.4) is 0 Å². The van der Waals surface area contributed by atoms with Crippen LogP contribution in [0.2, 0.25) is 0 Å². The molecule has 0 bridgehead atoms. The molecule has 0 spiro atoms. The van der Waals surface area contributed by atoms with Gasteiger partial charge in [0.2, 0.25) is 5.91 Å². The van der Waals surface area contributed by atoms with Crippen molar-refractivity contribution in [1.29, 1.82) is 0 Å². The third kappa shape index (κ3) is 6.61. The molecule has 0 radical (unpaired) electrons. The van der Waals surface area contributed by atoms with Gasteiger partial charge in [0.25, 0.3) is 0 Å². The lowest BCUT2D eigenvalue weighted by Crippen LogP contribution is -2.40. The number of nitrogens with zero attached hydrogens (tertiary/aromatic N) is 1. The zero-order valence-corrected chi connectivity index (χ0v) is 14.0. The van der Waals surface area contributed by atoms with Gasteiger partial charge in [0.1, 0.15) is 0 Å². The Morgan fingerprint density at radius 2 is 1.95 bits per heavy atom. The van der Waals surface area contributed by atoms with Gasteiger partial charge in [-0.05, 0) is 71.2 Å². The lowest BCUT2D eigenvalue weighted by molar-refractivity contribution is -0.126. The number of nitrogens with one attached hydrogen (secondary N) is 2. The molecule has 120 valence electrons. The van der Waals surface area contributed by atoms with E-state index in [0.29, 0.717) is 0 Å². The maximum absolute atomic E-state index is 12.0. The molecule has 4 nitrogen and oxygen atoms in total. The number of piperidine rings is 2. The highest BCUT2D eigenvalue weighted by molar-refractivity contribution is 5.85. The molecule has 2 aliphatic rings. The fraction of sp³-hybridized carbons (Fsp3) is 0.929. The molecular formula is C14H29Cl2N3O. The standard InChI is InChI=1S/C14H27N3O.2ClH/c1-17-9-5-13(6-10-17)14(18)16-8-4-12-3-2-7-15-11-12;;/h12-13,15H,2-11H2,1H3,(H,16,18);2*1H. The summed E-state index contributed by atoms with van der Waals surface area (Å²) in [4.78, 5) is 14.3. The largest absolute Gasteiger partial charge is 0.356 e. The Kier molecular flexibility index (Phi) is 10.6. The third-order valence-corrected chi connectivity index (χ3v) is 4.34. The van der Waals surface area contributed by atoms with Crippen LogP contribution in [0.15, 0.2) is 0 Å². The number of likely N-dealkylation sites (tertiary alicyclic amines) is 1. The van der Waals surface area contributed by atoms with Crippen molar-refractivity contribution < 1.29 is 4.79 Å². The molecule has 1 amide bonds. The Bertz CT molecular complexity index is 265. The van der Waals surface area contributed by atoms with E-state index in [9.17, 15) is 4.79 Å². The van der Waals surface area contributed by atoms with Gasteiger partial charge < -0.3 is 15.5 Å². The van der Waals surface area contributed by atoms with E-state index in [1.54, 1.807) is 0 Å². The van der Waals surface area contributed by atoms with E-state index in [1.165, 1.54) is 19.4 Å². The maximum Gasteiger partial charge on any atom is 0.223 e. The first-order chi connectivity index (χ1) is 8.75. The van der Waals surface area contributed by atoms with Gasteiger partial charge in [-0.3, -0.25) is 4.79 Å². The molecule has 2 fully saturated rings. The highest BCUT2D eigenvalue weighted by Crippen LogP contribution is 2.16. The Hall–Kier alpha value is -0.0300. The summed E-state index contributed by atoms with van der Waals surface area (Å²) >= 11 is 0. The molecule has 0 saturated carbocycles. The SMILES string of the molecule is CN1CCC(C(=O)NCCC2CCCNC2)CC1.Cl.Cl. The van der Waals surface area contributed by atoms with E-state index in [-0.39, 0.29) is 36.6 Å². The number of rotatable bonds is 4. The molecule has 1 unspecified atom stereocenters. The average Bonchev–Trinajstić information content (AvgIpc) is 2.40. The van der Waals surface area contributed by atoms with Crippen LogP contribution < -0.4 is 10.6 Å². The van der Waals surface area contributed by atoms with Crippen LogP contribution in [0.4, 0.5) is 0 Å². The summed E-state index contributed by atoms with van der Waals surface area (Å²) in [6.45, 7) is 5.27. The van der Waals surface area contributed by atoms with Gasteiger partial charge in [-0.25, -0.2) is 0 Å². The summed E-state index contributed by atoms with van der Waals surface area (Å²) in [5.41, 5.74) is 0. The first-order valence-corrected chi connectivity index (χ1v) is 7.42. The van der Waals surface area contributed by atoms with Crippen molar-refractivity contribution in [1.82, 2.24) is 15.5 Å². The molecule has 2 saturated heterocycles. The molecular weight excluding hydrogens is 297 g/mol. The lowest BCUT2D eigenvalue weighted by Gasteiger charge is -2.28. The molecule has 2 aliphatic heterocycles. The van der Waals surface area contributed by atoms with E-state index in [4.69, 9.17) is 0 Å². The highest BCUT2D eigenvalue weighted by Gasteiger charge is 2.23. The second-order valence-electron chi connectivity index (χ2n) is 5.87. The van der Waals surface area contributed by atoms with Gasteiger partial charge in [0.15, 0.2) is 0 Å². The summed E-state index contributed by atoms with van der Waals surface area (Å²) in [5.74, 6) is 1.30. The predicted molar refractivity (Wildman–Crippen MR) is 87.9 cm³/mol. The zero-order chi connectivity index (χ0) is 12.8. The minimum atomic E-state index is 0. The van der Waals surface area contributed by atoms with E-state index >= 15 is 0 Å². The van der Waals surface area contributed by atoms with E-state index in [0.717, 1.165) is 51.4 Å². The number of hydrogen-bond acceptors (Lipinski definition) is 3. The van der Waals surface area contributed by atoms with Crippen molar-refractivity contribution in [2.75, 3.05) is 39.8 Å². The van der Waals surface area contributed by atoms with Crippen LogP contribution in [-0.2, 0) is 4.79 Å². The van der Waals surface area contributed by atoms with Crippen molar-refractivity contribution in [3.05, 3.63) is 0 Å². The summed E-state index contributed by atoms with van der Waals surface area (Å²) in [6.07, 6.45) is 5.77. The number of hydrogen-bond donors (Lipinski definition) is 2. The van der Waals surface area contributed by atoms with E-state index in [2.05, 4.69) is 22.6 Å². The topological polar surface area (TPSA) is 44.4 Å². The number of carbonyl (C=O) groups is 1. The van der Waals surface area contributed by atoms with Gasteiger partial charge in [-0.15, -0.1) is 24.8 Å². The smallest absolute Gasteiger partial charge is 0.223 e. The molecule has 6 heteroatoms. The average molecular weight is 326 g/mol. The molecule has 2 rings (SSSR count). The predicted octanol–water partition coefficient (Wildman–Crippen LogP) is 1.68. The Labute approximate surface area is 135 Å². The van der Waals surface area contributed by atoms with Gasteiger partial charge in [-0.1, -0.05) is 0 Å². The third-order valence-electron chi connectivity index (χ3n) is 4.34. The van der Waals surface area contributed by atoms with E-state index < -0.39 is 0 Å². The molecule has 0 aromatic rings. The van der Waals surface area contributed by atoms with Crippen molar-refractivity contribution in [2.24, 2.45) is 11.8 Å². The lowest BCUT2D eigenvalue weighted by atomic mass is 9.95. The van der Waals surface area contributed by atoms with Crippen LogP contribution >= 0.6 is 24.8 Å². The van der Waals surface area contributed by atoms with Crippen LogP contribution in [0.1, 0.15) is 32.1 Å². The Balaban J connectivity index is 0.00000180. The summed E-state index contributed by atoms with van der Waals surface area (Å²) in [6, 6.07) is 0. The first kappa shape index (κ1) is 20.0. The van der Waals surface area contributed by atoms with Gasteiger partial charge in [0.05, 0.1) is 0 Å². The molecule has 0 aromatic carbocycles. The van der Waals surface area contributed by atoms with Crippen LogP contribution in [-0.4, -0.2) is 50.6 Å². The van der Waals surface area contributed by atoms with Crippen molar-refractivity contribution in [3.63, 3.8) is 0 Å². The van der Waals surface area contributed by atoms with Crippen LogP contribution in [0.25, 0.3) is 0 Å². The quantitative estimate of drug-likeness (QED) is 0.826. The first-order valence-electron chi connectivity index (χ1n) is 7.42. The number of amides is 1. The van der Waals surface area contributed by atoms with E-state index in [1.807, 2.05) is 0 Å². The van der Waals surface area contributed by atoms with Gasteiger partial charge in [-0.2, -0.15) is 0 Å². The van der Waals surface area contributed by atoms with Gasteiger partial charge in [0, 0.05) is 12.5 Å². The number of carbonyl (C=O) groups excluding carboxylic acids is 1. The fourth-order valence-electron chi connectivity index (χ4n) is 2.98. The minimum absolute atomic E-state index is 0. The van der Waals surface area contributed by atoms with Crippen molar-refractivity contribution in [3.8, 4) is 0 Å². The molecule has 20 heavy (non-hydrogen) atoms. The number of halogens is 2. The summed E-state index contributed by atoms with van der Waals surface area (Å²) in [5, 5.41) is 6.55. The molecule has 1 atom stereocenters. The van der Waals surface area contributed by atoms with Crippen molar-refractivity contribution in [2.45, 2.75) is 32.1 Å². The second-order valence-corrected chi connectivity index (χ2v) is 5.87. The molecule has 0 aromatic heterocycles. The molecule has 2 heterocycles. The highest BCUT2D eigenvalue weighted by atomic mass is 35.5. The second kappa shape index (κ2) is 10.7.